The highest BCUT2D eigenvalue weighted by atomic mass is 16.5. The fraction of sp³-hybridized carbons (Fsp3) is 0.308. The zero-order chi connectivity index (χ0) is 23.0. The Labute approximate surface area is 193 Å². The van der Waals surface area contributed by atoms with Crippen molar-refractivity contribution < 1.29 is 14.3 Å². The molecule has 0 spiro atoms. The van der Waals surface area contributed by atoms with E-state index in [1.54, 1.807) is 36.8 Å². The number of piperidine rings is 1. The predicted octanol–water partition coefficient (Wildman–Crippen LogP) is 3.52. The largest absolute Gasteiger partial charge is 0.489 e. The van der Waals surface area contributed by atoms with Gasteiger partial charge in [0, 0.05) is 56.8 Å². The van der Waals surface area contributed by atoms with Crippen molar-refractivity contribution in [2.75, 3.05) is 13.1 Å². The van der Waals surface area contributed by atoms with E-state index in [1.807, 2.05) is 48.4 Å². The number of likely N-dealkylation sites (tertiary alicyclic amines) is 1. The molecule has 3 aromatic rings. The van der Waals surface area contributed by atoms with Gasteiger partial charge in [-0.25, -0.2) is 0 Å². The summed E-state index contributed by atoms with van der Waals surface area (Å²) < 4.78 is 6.22. The van der Waals surface area contributed by atoms with Crippen molar-refractivity contribution in [3.63, 3.8) is 0 Å². The van der Waals surface area contributed by atoms with Gasteiger partial charge in [-0.1, -0.05) is 18.2 Å². The van der Waals surface area contributed by atoms with Gasteiger partial charge in [-0.3, -0.25) is 19.6 Å². The molecule has 7 nitrogen and oxygen atoms in total. The van der Waals surface area contributed by atoms with Crippen molar-refractivity contribution in [3.8, 4) is 5.75 Å². The SMILES string of the molecule is CC(Cc1cccnc1)NC(=O)c1ccccc1OC1CCN(C(=O)c2cccnc2)CC1. The molecule has 0 aliphatic carbocycles. The molecule has 1 fully saturated rings. The van der Waals surface area contributed by atoms with Crippen LogP contribution in [0, 0.1) is 0 Å². The number of nitrogens with one attached hydrogen (secondary N) is 1. The molecule has 170 valence electrons. The van der Waals surface area contributed by atoms with Gasteiger partial charge in [0.15, 0.2) is 0 Å². The van der Waals surface area contributed by atoms with Gasteiger partial charge >= 0.3 is 0 Å². The lowest BCUT2D eigenvalue weighted by atomic mass is 10.1. The molecule has 3 heterocycles. The standard InChI is InChI=1S/C26H28N4O3/c1-19(16-20-6-4-12-27-17-20)29-25(31)23-8-2-3-9-24(23)33-22-10-14-30(15-11-22)26(32)21-7-5-13-28-18-21/h2-9,12-13,17-19,22H,10-11,14-16H2,1H3,(H,29,31). The highest BCUT2D eigenvalue weighted by molar-refractivity contribution is 5.97. The van der Waals surface area contributed by atoms with E-state index in [-0.39, 0.29) is 24.0 Å². The first-order valence-electron chi connectivity index (χ1n) is 11.2. The number of hydrogen-bond donors (Lipinski definition) is 1. The number of hydrogen-bond acceptors (Lipinski definition) is 5. The third-order valence-corrected chi connectivity index (χ3v) is 5.71. The van der Waals surface area contributed by atoms with Gasteiger partial charge in [0.2, 0.25) is 0 Å². The lowest BCUT2D eigenvalue weighted by Gasteiger charge is -2.32. The van der Waals surface area contributed by atoms with Gasteiger partial charge in [-0.15, -0.1) is 0 Å². The topological polar surface area (TPSA) is 84.4 Å². The summed E-state index contributed by atoms with van der Waals surface area (Å²) in [5.74, 6) is 0.399. The van der Waals surface area contributed by atoms with Crippen LogP contribution in [0.5, 0.6) is 5.75 Å². The Morgan fingerprint density at radius 3 is 2.45 bits per heavy atom. The van der Waals surface area contributed by atoms with Crippen LogP contribution in [0.1, 0.15) is 46.0 Å². The number of pyridine rings is 2. The lowest BCUT2D eigenvalue weighted by Crippen LogP contribution is -2.42. The van der Waals surface area contributed by atoms with Crippen LogP contribution in [0.3, 0.4) is 0 Å². The van der Waals surface area contributed by atoms with Gasteiger partial charge in [0.25, 0.3) is 11.8 Å². The van der Waals surface area contributed by atoms with E-state index in [2.05, 4.69) is 15.3 Å². The summed E-state index contributed by atoms with van der Waals surface area (Å²) in [6, 6.07) is 14.7. The number of benzene rings is 1. The molecule has 7 heteroatoms. The average molecular weight is 445 g/mol. The quantitative estimate of drug-likeness (QED) is 0.603. The molecular formula is C26H28N4O3. The van der Waals surface area contributed by atoms with E-state index in [4.69, 9.17) is 4.74 Å². The van der Waals surface area contributed by atoms with Crippen LogP contribution in [0.15, 0.2) is 73.3 Å². The Kier molecular flexibility index (Phi) is 7.29. The highest BCUT2D eigenvalue weighted by Gasteiger charge is 2.26. The molecular weight excluding hydrogens is 416 g/mol. The minimum Gasteiger partial charge on any atom is -0.489 e. The number of carbonyl (C=O) groups is 2. The minimum atomic E-state index is -0.161. The van der Waals surface area contributed by atoms with E-state index in [9.17, 15) is 9.59 Å². The van der Waals surface area contributed by atoms with Crippen LogP contribution in [0.4, 0.5) is 0 Å². The third kappa shape index (κ3) is 5.94. The Hall–Kier alpha value is -3.74. The Bertz CT molecular complexity index is 1070. The molecule has 4 rings (SSSR count). The molecule has 1 aromatic carbocycles. The molecule has 0 bridgehead atoms. The molecule has 2 amide bonds. The van der Waals surface area contributed by atoms with Crippen LogP contribution in [-0.2, 0) is 6.42 Å². The average Bonchev–Trinajstić information content (AvgIpc) is 2.85. The monoisotopic (exact) mass is 444 g/mol. The second kappa shape index (κ2) is 10.7. The summed E-state index contributed by atoms with van der Waals surface area (Å²) in [7, 11) is 0. The van der Waals surface area contributed by atoms with Crippen molar-refractivity contribution in [1.29, 1.82) is 0 Å². The number of nitrogens with zero attached hydrogens (tertiary/aromatic N) is 3. The summed E-state index contributed by atoms with van der Waals surface area (Å²) in [5, 5.41) is 3.06. The highest BCUT2D eigenvalue weighted by Crippen LogP contribution is 2.24. The van der Waals surface area contributed by atoms with Gasteiger partial charge in [0.05, 0.1) is 11.1 Å². The lowest BCUT2D eigenvalue weighted by molar-refractivity contribution is 0.0593. The van der Waals surface area contributed by atoms with Crippen molar-refractivity contribution in [2.45, 2.75) is 38.3 Å². The summed E-state index contributed by atoms with van der Waals surface area (Å²) in [6.07, 6.45) is 8.86. The smallest absolute Gasteiger partial charge is 0.255 e. The summed E-state index contributed by atoms with van der Waals surface area (Å²) in [5.41, 5.74) is 2.19. The predicted molar refractivity (Wildman–Crippen MR) is 125 cm³/mol. The molecule has 0 saturated carbocycles. The first-order chi connectivity index (χ1) is 16.1. The number of amides is 2. The normalized spacial score (nSPS) is 15.0. The van der Waals surface area contributed by atoms with Gasteiger partial charge in [-0.2, -0.15) is 0 Å². The van der Waals surface area contributed by atoms with Gasteiger partial charge in [0.1, 0.15) is 11.9 Å². The van der Waals surface area contributed by atoms with E-state index in [1.165, 1.54) is 0 Å². The number of aromatic nitrogens is 2. The van der Waals surface area contributed by atoms with Crippen LogP contribution < -0.4 is 10.1 Å². The van der Waals surface area contributed by atoms with Crippen molar-refractivity contribution in [2.24, 2.45) is 0 Å². The molecule has 0 radical (unpaired) electrons. The number of ether oxygens (including phenoxy) is 1. The maximum Gasteiger partial charge on any atom is 0.255 e. The van der Waals surface area contributed by atoms with Crippen LogP contribution in [-0.4, -0.2) is 51.9 Å². The summed E-state index contributed by atoms with van der Waals surface area (Å²) >= 11 is 0. The zero-order valence-electron chi connectivity index (χ0n) is 18.7. The minimum absolute atomic E-state index is 0.0102. The Balaban J connectivity index is 1.33. The maximum absolute atomic E-state index is 12.9. The number of rotatable bonds is 7. The maximum atomic E-state index is 12.9. The second-order valence-electron chi connectivity index (χ2n) is 8.29. The fourth-order valence-electron chi connectivity index (χ4n) is 4.01. The van der Waals surface area contributed by atoms with Crippen molar-refractivity contribution in [1.82, 2.24) is 20.2 Å². The van der Waals surface area contributed by atoms with Crippen LogP contribution in [0.2, 0.25) is 0 Å². The zero-order valence-corrected chi connectivity index (χ0v) is 18.7. The molecule has 1 saturated heterocycles. The Morgan fingerprint density at radius 2 is 1.76 bits per heavy atom. The second-order valence-corrected chi connectivity index (χ2v) is 8.29. The molecule has 1 aliphatic rings. The fourth-order valence-corrected chi connectivity index (χ4v) is 4.01. The van der Waals surface area contributed by atoms with E-state index < -0.39 is 0 Å². The van der Waals surface area contributed by atoms with Gasteiger partial charge < -0.3 is 15.0 Å². The third-order valence-electron chi connectivity index (χ3n) is 5.71. The molecule has 2 aromatic heterocycles. The molecule has 1 aliphatic heterocycles. The van der Waals surface area contributed by atoms with E-state index >= 15 is 0 Å². The van der Waals surface area contributed by atoms with Crippen molar-refractivity contribution in [3.05, 3.63) is 90.0 Å². The summed E-state index contributed by atoms with van der Waals surface area (Å²) in [4.78, 5) is 35.6. The van der Waals surface area contributed by atoms with Crippen molar-refractivity contribution >= 4 is 11.8 Å². The first-order valence-corrected chi connectivity index (χ1v) is 11.2. The molecule has 33 heavy (non-hydrogen) atoms. The van der Waals surface area contributed by atoms with Gasteiger partial charge in [-0.05, 0) is 49.2 Å². The molecule has 1 unspecified atom stereocenters. The van der Waals surface area contributed by atoms with Crippen LogP contribution >= 0.6 is 0 Å². The Morgan fingerprint density at radius 1 is 1.03 bits per heavy atom. The van der Waals surface area contributed by atoms with E-state index in [0.717, 1.165) is 5.56 Å². The molecule has 1 atom stereocenters. The number of carbonyl (C=O) groups excluding carboxylic acids is 2. The number of para-hydroxylation sites is 1. The first kappa shape index (κ1) is 22.5. The van der Waals surface area contributed by atoms with E-state index in [0.29, 0.717) is 49.2 Å². The molecule has 1 N–H and O–H groups in total. The van der Waals surface area contributed by atoms with Crippen LogP contribution in [0.25, 0.3) is 0 Å². The summed E-state index contributed by atoms with van der Waals surface area (Å²) in [6.45, 7) is 3.19.